The summed E-state index contributed by atoms with van der Waals surface area (Å²) in [5, 5.41) is 0. The monoisotopic (exact) mass is 287 g/mol. The molecule has 113 valence electrons. The van der Waals surface area contributed by atoms with Gasteiger partial charge < -0.3 is 4.74 Å². The van der Waals surface area contributed by atoms with Crippen LogP contribution in [0.5, 0.6) is 0 Å². The number of unbranched alkanes of at least 4 members (excludes halogenated alkanes) is 1. The smallest absolute Gasteiger partial charge is 0.381 e. The van der Waals surface area contributed by atoms with E-state index in [1.807, 2.05) is 6.92 Å². The van der Waals surface area contributed by atoms with Gasteiger partial charge in [-0.25, -0.2) is 0 Å². The summed E-state index contributed by atoms with van der Waals surface area (Å²) in [5.41, 5.74) is 0.348. The molecule has 0 aliphatic carbocycles. The van der Waals surface area contributed by atoms with Crippen molar-refractivity contribution in [2.75, 3.05) is 13.2 Å². The molecule has 1 aromatic carbocycles. The lowest BCUT2D eigenvalue weighted by Crippen LogP contribution is -2.05. The van der Waals surface area contributed by atoms with E-state index in [0.29, 0.717) is 6.61 Å². The summed E-state index contributed by atoms with van der Waals surface area (Å²) >= 11 is 0. The van der Waals surface area contributed by atoms with Crippen LogP contribution in [0.2, 0.25) is 0 Å². The SMILES string of the molecule is [CH2]CCCOCCCC(C)c1ccc(C(F)(F)F)cc1. The summed E-state index contributed by atoms with van der Waals surface area (Å²) in [6.07, 6.45) is -0.588. The molecule has 0 amide bonds. The van der Waals surface area contributed by atoms with Crippen LogP contribution >= 0.6 is 0 Å². The molecule has 1 atom stereocenters. The minimum Gasteiger partial charge on any atom is -0.381 e. The molecule has 0 fully saturated rings. The number of ether oxygens (including phenoxy) is 1. The predicted octanol–water partition coefficient (Wildman–Crippen LogP) is 5.22. The largest absolute Gasteiger partial charge is 0.416 e. The maximum absolute atomic E-state index is 12.4. The first-order chi connectivity index (χ1) is 9.45. The lowest BCUT2D eigenvalue weighted by atomic mass is 9.95. The van der Waals surface area contributed by atoms with E-state index in [2.05, 4.69) is 6.92 Å². The molecule has 0 bridgehead atoms. The number of halogens is 3. The zero-order chi connectivity index (χ0) is 15.0. The Morgan fingerprint density at radius 1 is 1.10 bits per heavy atom. The van der Waals surface area contributed by atoms with Crippen molar-refractivity contribution in [2.24, 2.45) is 0 Å². The van der Waals surface area contributed by atoms with Crippen LogP contribution in [0.1, 0.15) is 49.7 Å². The van der Waals surface area contributed by atoms with Gasteiger partial charge in [-0.15, -0.1) is 0 Å². The van der Waals surface area contributed by atoms with Crippen molar-refractivity contribution in [2.45, 2.75) is 44.7 Å². The predicted molar refractivity (Wildman–Crippen MR) is 74.5 cm³/mol. The van der Waals surface area contributed by atoms with Gasteiger partial charge in [-0.2, -0.15) is 13.2 Å². The quantitative estimate of drug-likeness (QED) is 0.596. The van der Waals surface area contributed by atoms with Gasteiger partial charge in [-0.3, -0.25) is 0 Å². The van der Waals surface area contributed by atoms with Gasteiger partial charge in [0.15, 0.2) is 0 Å². The Balaban J connectivity index is 2.34. The van der Waals surface area contributed by atoms with Gasteiger partial charge in [0.25, 0.3) is 0 Å². The average Bonchev–Trinajstić information content (AvgIpc) is 2.41. The van der Waals surface area contributed by atoms with Crippen molar-refractivity contribution in [1.29, 1.82) is 0 Å². The third-order valence-corrected chi connectivity index (χ3v) is 3.27. The molecule has 1 aromatic rings. The molecular formula is C16H22F3O. The summed E-state index contributed by atoms with van der Waals surface area (Å²) < 4.78 is 42.8. The molecule has 0 heterocycles. The molecule has 20 heavy (non-hydrogen) atoms. The van der Waals surface area contributed by atoms with Crippen LogP contribution in [0.4, 0.5) is 13.2 Å². The fourth-order valence-electron chi connectivity index (χ4n) is 1.97. The summed E-state index contributed by atoms with van der Waals surface area (Å²) in [5.74, 6) is 0.244. The number of hydrogen-bond acceptors (Lipinski definition) is 1. The van der Waals surface area contributed by atoms with E-state index in [1.165, 1.54) is 0 Å². The third kappa shape index (κ3) is 5.95. The highest BCUT2D eigenvalue weighted by Gasteiger charge is 2.30. The first-order valence-corrected chi connectivity index (χ1v) is 6.99. The Hall–Kier alpha value is -1.03. The molecule has 0 aliphatic rings. The van der Waals surface area contributed by atoms with E-state index >= 15 is 0 Å². The molecule has 0 saturated carbocycles. The van der Waals surface area contributed by atoms with E-state index in [0.717, 1.165) is 50.0 Å². The van der Waals surface area contributed by atoms with E-state index in [1.54, 1.807) is 12.1 Å². The number of alkyl halides is 3. The second-order valence-electron chi connectivity index (χ2n) is 4.98. The van der Waals surface area contributed by atoms with Gasteiger partial charge in [0.1, 0.15) is 0 Å². The van der Waals surface area contributed by atoms with Crippen molar-refractivity contribution in [3.63, 3.8) is 0 Å². The molecular weight excluding hydrogens is 265 g/mol. The Kier molecular flexibility index (Phi) is 7.06. The molecule has 1 radical (unpaired) electrons. The fourth-order valence-corrected chi connectivity index (χ4v) is 1.97. The lowest BCUT2D eigenvalue weighted by Gasteiger charge is -2.13. The average molecular weight is 287 g/mol. The highest BCUT2D eigenvalue weighted by Crippen LogP contribution is 2.30. The maximum atomic E-state index is 12.4. The molecule has 1 rings (SSSR count). The van der Waals surface area contributed by atoms with Crippen molar-refractivity contribution < 1.29 is 17.9 Å². The molecule has 1 nitrogen and oxygen atoms in total. The summed E-state index contributed by atoms with van der Waals surface area (Å²) in [6.45, 7) is 7.20. The van der Waals surface area contributed by atoms with Crippen LogP contribution in [0, 0.1) is 6.92 Å². The number of rotatable bonds is 8. The van der Waals surface area contributed by atoms with Crippen molar-refractivity contribution >= 4 is 0 Å². The Morgan fingerprint density at radius 3 is 2.25 bits per heavy atom. The van der Waals surface area contributed by atoms with Crippen LogP contribution in [0.15, 0.2) is 24.3 Å². The normalized spacial score (nSPS) is 13.4. The van der Waals surface area contributed by atoms with Gasteiger partial charge in [0.05, 0.1) is 5.56 Å². The molecule has 0 saturated heterocycles. The zero-order valence-corrected chi connectivity index (χ0v) is 11.9. The van der Waals surface area contributed by atoms with E-state index in [4.69, 9.17) is 4.74 Å². The lowest BCUT2D eigenvalue weighted by molar-refractivity contribution is -0.137. The summed E-state index contributed by atoms with van der Waals surface area (Å²) in [7, 11) is 0. The summed E-state index contributed by atoms with van der Waals surface area (Å²) in [4.78, 5) is 0. The molecule has 0 N–H and O–H groups in total. The van der Waals surface area contributed by atoms with Gasteiger partial charge in [0, 0.05) is 13.2 Å². The van der Waals surface area contributed by atoms with Crippen LogP contribution in [-0.2, 0) is 10.9 Å². The second kappa shape index (κ2) is 8.30. The molecule has 4 heteroatoms. The standard InChI is InChI=1S/C16H22F3O/c1-3-4-11-20-12-5-6-13(2)14-7-9-15(10-8-14)16(17,18)19/h7-10,13H,1,3-6,11-12H2,2H3. The summed E-state index contributed by atoms with van der Waals surface area (Å²) in [6, 6.07) is 5.43. The topological polar surface area (TPSA) is 9.23 Å². The number of benzene rings is 1. The number of hydrogen-bond donors (Lipinski definition) is 0. The highest BCUT2D eigenvalue weighted by molar-refractivity contribution is 5.26. The maximum Gasteiger partial charge on any atom is 0.416 e. The highest BCUT2D eigenvalue weighted by atomic mass is 19.4. The van der Waals surface area contributed by atoms with Crippen molar-refractivity contribution in [3.8, 4) is 0 Å². The second-order valence-corrected chi connectivity index (χ2v) is 4.98. The molecule has 1 unspecified atom stereocenters. The van der Waals surface area contributed by atoms with Crippen LogP contribution in [-0.4, -0.2) is 13.2 Å². The minimum absolute atomic E-state index is 0.244. The van der Waals surface area contributed by atoms with Gasteiger partial charge >= 0.3 is 6.18 Å². The minimum atomic E-state index is -4.26. The van der Waals surface area contributed by atoms with Crippen molar-refractivity contribution in [3.05, 3.63) is 42.3 Å². The van der Waals surface area contributed by atoms with Crippen LogP contribution < -0.4 is 0 Å². The zero-order valence-electron chi connectivity index (χ0n) is 11.9. The van der Waals surface area contributed by atoms with E-state index < -0.39 is 11.7 Å². The van der Waals surface area contributed by atoms with Gasteiger partial charge in [0.2, 0.25) is 0 Å². The van der Waals surface area contributed by atoms with Crippen molar-refractivity contribution in [1.82, 2.24) is 0 Å². The fraction of sp³-hybridized carbons (Fsp3) is 0.562. The molecule has 0 aromatic heterocycles. The molecule has 0 aliphatic heterocycles. The Morgan fingerprint density at radius 2 is 1.70 bits per heavy atom. The van der Waals surface area contributed by atoms with E-state index in [9.17, 15) is 13.2 Å². The first-order valence-electron chi connectivity index (χ1n) is 6.99. The van der Waals surface area contributed by atoms with E-state index in [-0.39, 0.29) is 5.92 Å². The Bertz CT molecular complexity index is 370. The Labute approximate surface area is 119 Å². The van der Waals surface area contributed by atoms with Crippen LogP contribution in [0.25, 0.3) is 0 Å². The third-order valence-electron chi connectivity index (χ3n) is 3.27. The van der Waals surface area contributed by atoms with Crippen LogP contribution in [0.3, 0.4) is 0 Å². The molecule has 0 spiro atoms. The van der Waals surface area contributed by atoms with Gasteiger partial charge in [-0.1, -0.05) is 32.4 Å². The first kappa shape index (κ1) is 17.0. The van der Waals surface area contributed by atoms with Gasteiger partial charge in [-0.05, 0) is 42.9 Å².